The van der Waals surface area contributed by atoms with E-state index in [4.69, 9.17) is 15.2 Å². The van der Waals surface area contributed by atoms with Gasteiger partial charge < -0.3 is 20.3 Å². The molecule has 3 unspecified atom stereocenters. The fraction of sp³-hybridized carbons (Fsp3) is 0.312. The molecule has 2 heterocycles. The van der Waals surface area contributed by atoms with Crippen LogP contribution in [0.2, 0.25) is 0 Å². The topological polar surface area (TPSA) is 77.6 Å². The van der Waals surface area contributed by atoms with Crippen LogP contribution in [0.3, 0.4) is 0 Å². The molecule has 0 bridgehead atoms. The van der Waals surface area contributed by atoms with Gasteiger partial charge in [0.25, 0.3) is 0 Å². The molecule has 0 spiro atoms. The van der Waals surface area contributed by atoms with E-state index in [1.54, 1.807) is 13.0 Å². The maximum absolute atomic E-state index is 9.96. The van der Waals surface area contributed by atoms with E-state index in [1.165, 1.54) is 0 Å². The van der Waals surface area contributed by atoms with Crippen molar-refractivity contribution in [2.45, 2.75) is 32.0 Å². The number of hydrogen-bond donors (Lipinski definition) is 2. The molecule has 0 radical (unpaired) electrons. The van der Waals surface area contributed by atoms with Crippen LogP contribution >= 0.6 is 0 Å². The van der Waals surface area contributed by atoms with E-state index < -0.39 is 12.4 Å². The van der Waals surface area contributed by atoms with Crippen molar-refractivity contribution in [3.05, 3.63) is 59.4 Å². The lowest BCUT2D eigenvalue weighted by Crippen LogP contribution is -2.26. The zero-order valence-electron chi connectivity index (χ0n) is 11.8. The van der Waals surface area contributed by atoms with Crippen molar-refractivity contribution in [2.24, 2.45) is 5.73 Å². The molecule has 0 saturated carbocycles. The minimum atomic E-state index is -0.790. The summed E-state index contributed by atoms with van der Waals surface area (Å²) in [6.07, 6.45) is -1.22. The van der Waals surface area contributed by atoms with E-state index in [2.05, 4.69) is 4.98 Å². The summed E-state index contributed by atoms with van der Waals surface area (Å²) in [5.41, 5.74) is 7.87. The molecular weight excluding hydrogens is 268 g/mol. The van der Waals surface area contributed by atoms with Crippen LogP contribution in [0.15, 0.2) is 42.5 Å². The highest BCUT2D eigenvalue weighted by atomic mass is 16.7. The average Bonchev–Trinajstić information content (AvgIpc) is 2.54. The number of rotatable bonds is 3. The Kier molecular flexibility index (Phi) is 3.88. The van der Waals surface area contributed by atoms with Crippen LogP contribution < -0.4 is 10.5 Å². The number of hydrogen-bond acceptors (Lipinski definition) is 5. The summed E-state index contributed by atoms with van der Waals surface area (Å²) in [4.78, 5) is 4.38. The molecule has 3 atom stereocenters. The van der Waals surface area contributed by atoms with Crippen LogP contribution in [0.25, 0.3) is 0 Å². The summed E-state index contributed by atoms with van der Waals surface area (Å²) in [6.45, 7) is 2.08. The van der Waals surface area contributed by atoms with Gasteiger partial charge in [0.05, 0.1) is 12.3 Å². The third kappa shape index (κ3) is 2.90. The second-order valence-corrected chi connectivity index (χ2v) is 5.16. The quantitative estimate of drug-likeness (QED) is 0.903. The lowest BCUT2D eigenvalue weighted by atomic mass is 10.1. The van der Waals surface area contributed by atoms with Crippen LogP contribution in [0, 0.1) is 0 Å². The maximum atomic E-state index is 9.96. The Bertz CT molecular complexity index is 616. The van der Waals surface area contributed by atoms with Gasteiger partial charge in [0.2, 0.25) is 6.29 Å². The van der Waals surface area contributed by atoms with Crippen molar-refractivity contribution in [2.75, 3.05) is 0 Å². The minimum absolute atomic E-state index is 0.342. The van der Waals surface area contributed by atoms with Gasteiger partial charge in [-0.2, -0.15) is 0 Å². The smallest absolute Gasteiger partial charge is 0.227 e. The third-order valence-corrected chi connectivity index (χ3v) is 3.43. The van der Waals surface area contributed by atoms with Gasteiger partial charge in [-0.3, -0.25) is 0 Å². The Labute approximate surface area is 123 Å². The molecule has 1 aromatic carbocycles. The molecule has 21 heavy (non-hydrogen) atoms. The van der Waals surface area contributed by atoms with E-state index in [0.29, 0.717) is 23.7 Å². The molecule has 5 nitrogen and oxygen atoms in total. The molecule has 1 aliphatic heterocycles. The zero-order chi connectivity index (χ0) is 14.8. The molecule has 110 valence electrons. The van der Waals surface area contributed by atoms with Crippen molar-refractivity contribution in [3.8, 4) is 5.75 Å². The molecular formula is C16H18N2O3. The molecule has 1 aliphatic rings. The molecule has 0 fully saturated rings. The molecule has 0 aliphatic carbocycles. The van der Waals surface area contributed by atoms with E-state index in [9.17, 15) is 5.11 Å². The SMILES string of the molecule is CC(N)C(O)c1ccc2c(n1)COC(c1ccccc1)O2. The number of ether oxygens (including phenoxy) is 2. The van der Waals surface area contributed by atoms with E-state index in [-0.39, 0.29) is 6.04 Å². The van der Waals surface area contributed by atoms with Crippen molar-refractivity contribution in [1.29, 1.82) is 0 Å². The van der Waals surface area contributed by atoms with Crippen LogP contribution in [-0.4, -0.2) is 16.1 Å². The monoisotopic (exact) mass is 286 g/mol. The fourth-order valence-electron chi connectivity index (χ4n) is 2.23. The maximum Gasteiger partial charge on any atom is 0.227 e. The molecule has 0 amide bonds. The highest BCUT2D eigenvalue weighted by Gasteiger charge is 2.24. The van der Waals surface area contributed by atoms with Gasteiger partial charge in [0.1, 0.15) is 17.5 Å². The van der Waals surface area contributed by atoms with E-state index >= 15 is 0 Å². The van der Waals surface area contributed by atoms with Gasteiger partial charge in [0.15, 0.2) is 0 Å². The van der Waals surface area contributed by atoms with Crippen molar-refractivity contribution >= 4 is 0 Å². The number of benzene rings is 1. The Morgan fingerprint density at radius 1 is 1.24 bits per heavy atom. The number of aliphatic hydroxyl groups excluding tert-OH is 1. The van der Waals surface area contributed by atoms with E-state index in [1.807, 2.05) is 36.4 Å². The van der Waals surface area contributed by atoms with Crippen LogP contribution in [0.5, 0.6) is 5.75 Å². The lowest BCUT2D eigenvalue weighted by Gasteiger charge is -2.27. The standard InChI is InChI=1S/C16H18N2O3/c1-10(17)15(19)12-7-8-14-13(18-12)9-20-16(21-14)11-5-3-2-4-6-11/h2-8,10,15-16,19H,9,17H2,1H3. The Morgan fingerprint density at radius 3 is 2.71 bits per heavy atom. The van der Waals surface area contributed by atoms with Gasteiger partial charge in [-0.25, -0.2) is 4.98 Å². The summed E-state index contributed by atoms with van der Waals surface area (Å²) in [7, 11) is 0. The molecule has 0 saturated heterocycles. The molecule has 3 rings (SSSR count). The predicted octanol–water partition coefficient (Wildman–Crippen LogP) is 2.07. The number of nitrogens with zero attached hydrogens (tertiary/aromatic N) is 1. The lowest BCUT2D eigenvalue weighted by molar-refractivity contribution is -0.113. The van der Waals surface area contributed by atoms with Crippen LogP contribution in [0.1, 0.15) is 36.3 Å². The van der Waals surface area contributed by atoms with Gasteiger partial charge >= 0.3 is 0 Å². The summed E-state index contributed by atoms with van der Waals surface area (Å²) in [5.74, 6) is 0.677. The average molecular weight is 286 g/mol. The van der Waals surface area contributed by atoms with Gasteiger partial charge in [-0.05, 0) is 19.1 Å². The van der Waals surface area contributed by atoms with Crippen molar-refractivity contribution < 1.29 is 14.6 Å². The van der Waals surface area contributed by atoms with Gasteiger partial charge in [-0.1, -0.05) is 30.3 Å². The Balaban J connectivity index is 1.82. The Hall–Kier alpha value is -1.95. The van der Waals surface area contributed by atoms with Gasteiger partial charge in [0, 0.05) is 11.6 Å². The van der Waals surface area contributed by atoms with Gasteiger partial charge in [-0.15, -0.1) is 0 Å². The number of aliphatic hydroxyl groups is 1. The summed E-state index contributed by atoms with van der Waals surface area (Å²) in [6, 6.07) is 12.9. The summed E-state index contributed by atoms with van der Waals surface area (Å²) in [5, 5.41) is 9.96. The van der Waals surface area contributed by atoms with Crippen LogP contribution in [0.4, 0.5) is 0 Å². The highest BCUT2D eigenvalue weighted by molar-refractivity contribution is 5.32. The number of pyridine rings is 1. The summed E-state index contributed by atoms with van der Waals surface area (Å²) >= 11 is 0. The second kappa shape index (κ2) is 5.81. The minimum Gasteiger partial charge on any atom is -0.459 e. The number of fused-ring (bicyclic) bond motifs is 1. The van der Waals surface area contributed by atoms with Crippen molar-refractivity contribution in [3.63, 3.8) is 0 Å². The Morgan fingerprint density at radius 2 is 2.00 bits per heavy atom. The predicted molar refractivity (Wildman–Crippen MR) is 77.4 cm³/mol. The molecule has 2 aromatic rings. The number of nitrogens with two attached hydrogens (primary N) is 1. The van der Waals surface area contributed by atoms with E-state index in [0.717, 1.165) is 5.56 Å². The summed E-state index contributed by atoms with van der Waals surface area (Å²) < 4.78 is 11.5. The third-order valence-electron chi connectivity index (χ3n) is 3.43. The van der Waals surface area contributed by atoms with Crippen LogP contribution in [-0.2, 0) is 11.3 Å². The molecule has 1 aromatic heterocycles. The normalized spacial score (nSPS) is 20.2. The largest absolute Gasteiger partial charge is 0.459 e. The second-order valence-electron chi connectivity index (χ2n) is 5.16. The first-order valence-corrected chi connectivity index (χ1v) is 6.92. The van der Waals surface area contributed by atoms with Crippen molar-refractivity contribution in [1.82, 2.24) is 4.98 Å². The highest BCUT2D eigenvalue weighted by Crippen LogP contribution is 2.32. The zero-order valence-corrected chi connectivity index (χ0v) is 11.8. The fourth-order valence-corrected chi connectivity index (χ4v) is 2.23. The first-order chi connectivity index (χ1) is 10.1. The first kappa shape index (κ1) is 14.0. The first-order valence-electron chi connectivity index (χ1n) is 6.92. The molecule has 5 heteroatoms. The number of aromatic nitrogens is 1. The molecule has 3 N–H and O–H groups in total.